The van der Waals surface area contributed by atoms with E-state index in [1.165, 1.54) is 6.07 Å². The molecule has 0 saturated carbocycles. The van der Waals surface area contributed by atoms with E-state index < -0.39 is 16.0 Å². The van der Waals surface area contributed by atoms with E-state index in [1.54, 1.807) is 10.4 Å². The Bertz CT molecular complexity index is 592. The molecule has 0 aromatic carbocycles. The Morgan fingerprint density at radius 1 is 1.43 bits per heavy atom. The van der Waals surface area contributed by atoms with E-state index in [4.69, 9.17) is 5.11 Å². The van der Waals surface area contributed by atoms with E-state index in [-0.39, 0.29) is 16.7 Å². The zero-order valence-corrected chi connectivity index (χ0v) is 13.8. The quantitative estimate of drug-likeness (QED) is 0.870. The molecule has 1 aromatic rings. The number of aliphatic carboxylic acids is 1. The first kappa shape index (κ1) is 16.5. The molecule has 0 amide bonds. The van der Waals surface area contributed by atoms with Crippen molar-refractivity contribution in [2.45, 2.75) is 55.7 Å². The van der Waals surface area contributed by atoms with Crippen molar-refractivity contribution in [2.24, 2.45) is 0 Å². The molecular formula is C14H21NO4S2. The third kappa shape index (κ3) is 3.84. The summed E-state index contributed by atoms with van der Waals surface area (Å²) in [4.78, 5) is 11.3. The molecule has 1 fully saturated rings. The summed E-state index contributed by atoms with van der Waals surface area (Å²) in [6.45, 7) is 2.63. The van der Waals surface area contributed by atoms with Crippen molar-refractivity contribution < 1.29 is 18.3 Å². The Morgan fingerprint density at radius 3 is 2.86 bits per heavy atom. The molecule has 7 heteroatoms. The fourth-order valence-corrected chi connectivity index (χ4v) is 5.97. The van der Waals surface area contributed by atoms with E-state index in [0.717, 1.165) is 43.4 Å². The molecule has 21 heavy (non-hydrogen) atoms. The van der Waals surface area contributed by atoms with E-state index >= 15 is 0 Å². The van der Waals surface area contributed by atoms with Crippen LogP contribution in [0.25, 0.3) is 0 Å². The highest BCUT2D eigenvalue weighted by molar-refractivity contribution is 7.91. The lowest BCUT2D eigenvalue weighted by molar-refractivity contribution is -0.136. The third-order valence-electron chi connectivity index (χ3n) is 3.72. The van der Waals surface area contributed by atoms with Crippen LogP contribution >= 0.6 is 11.3 Å². The number of carboxylic acid groups (broad SMARTS) is 1. The maximum atomic E-state index is 12.8. The Balaban J connectivity index is 2.23. The van der Waals surface area contributed by atoms with E-state index in [9.17, 15) is 13.2 Å². The smallest absolute Gasteiger partial charge is 0.308 e. The molecular weight excluding hydrogens is 310 g/mol. The summed E-state index contributed by atoms with van der Waals surface area (Å²) < 4.78 is 27.4. The molecule has 1 saturated heterocycles. The van der Waals surface area contributed by atoms with Gasteiger partial charge in [0, 0.05) is 17.5 Å². The number of rotatable bonds is 6. The Labute approximate surface area is 129 Å². The van der Waals surface area contributed by atoms with Crippen LogP contribution in [0, 0.1) is 0 Å². The predicted octanol–water partition coefficient (Wildman–Crippen LogP) is 2.72. The van der Waals surface area contributed by atoms with Crippen molar-refractivity contribution in [3.8, 4) is 0 Å². The van der Waals surface area contributed by atoms with Crippen molar-refractivity contribution in [3.63, 3.8) is 0 Å². The van der Waals surface area contributed by atoms with Crippen LogP contribution in [-0.2, 0) is 21.2 Å². The fraction of sp³-hybridized carbons (Fsp3) is 0.643. The number of thiophene rings is 1. The molecule has 5 nitrogen and oxygen atoms in total. The van der Waals surface area contributed by atoms with Crippen molar-refractivity contribution >= 4 is 27.3 Å². The van der Waals surface area contributed by atoms with Gasteiger partial charge in [-0.25, -0.2) is 8.42 Å². The first-order valence-electron chi connectivity index (χ1n) is 7.27. The molecule has 118 valence electrons. The number of carbonyl (C=O) groups is 1. The molecule has 1 N–H and O–H groups in total. The summed E-state index contributed by atoms with van der Waals surface area (Å²) in [6, 6.07) is 3.22. The number of hydrogen-bond acceptors (Lipinski definition) is 4. The zero-order valence-electron chi connectivity index (χ0n) is 12.1. The van der Waals surface area contributed by atoms with Crippen LogP contribution in [0.5, 0.6) is 0 Å². The molecule has 1 atom stereocenters. The molecule has 2 rings (SSSR count). The van der Waals surface area contributed by atoms with Gasteiger partial charge in [-0.3, -0.25) is 4.79 Å². The molecule has 2 heterocycles. The standard InChI is InChI=1S/C14H21NO4S2/c1-2-5-11-6-3-4-9-15(11)21(18,19)14-8-7-12(20-14)10-13(16)17/h7-8,11H,2-6,9-10H2,1H3,(H,16,17). The number of carboxylic acids is 1. The van der Waals surface area contributed by atoms with Crippen LogP contribution in [-0.4, -0.2) is 36.4 Å². The minimum Gasteiger partial charge on any atom is -0.481 e. The summed E-state index contributed by atoms with van der Waals surface area (Å²) in [5, 5.41) is 8.79. The summed E-state index contributed by atoms with van der Waals surface area (Å²) in [7, 11) is -3.49. The van der Waals surface area contributed by atoms with E-state index in [1.807, 2.05) is 0 Å². The Morgan fingerprint density at radius 2 is 2.19 bits per heavy atom. The van der Waals surface area contributed by atoms with Crippen LogP contribution in [0.4, 0.5) is 0 Å². The lowest BCUT2D eigenvalue weighted by Crippen LogP contribution is -2.43. The molecule has 1 unspecified atom stereocenters. The average molecular weight is 331 g/mol. The lowest BCUT2D eigenvalue weighted by atomic mass is 10.0. The molecule has 0 aliphatic carbocycles. The monoisotopic (exact) mass is 331 g/mol. The predicted molar refractivity (Wildman–Crippen MR) is 82.1 cm³/mol. The van der Waals surface area contributed by atoms with Gasteiger partial charge in [0.25, 0.3) is 10.0 Å². The van der Waals surface area contributed by atoms with E-state index in [2.05, 4.69) is 6.92 Å². The van der Waals surface area contributed by atoms with Crippen LogP contribution in [0.3, 0.4) is 0 Å². The highest BCUT2D eigenvalue weighted by Crippen LogP contribution is 2.31. The van der Waals surface area contributed by atoms with Crippen LogP contribution in [0.1, 0.15) is 43.9 Å². The highest BCUT2D eigenvalue weighted by atomic mass is 32.2. The second-order valence-electron chi connectivity index (χ2n) is 5.35. The van der Waals surface area contributed by atoms with Crippen molar-refractivity contribution in [2.75, 3.05) is 6.54 Å². The maximum absolute atomic E-state index is 12.8. The SMILES string of the molecule is CCCC1CCCCN1S(=O)(=O)c1ccc(CC(=O)O)s1. The van der Waals surface area contributed by atoms with Crippen molar-refractivity contribution in [3.05, 3.63) is 17.0 Å². The van der Waals surface area contributed by atoms with Crippen molar-refractivity contribution in [1.82, 2.24) is 4.31 Å². The van der Waals surface area contributed by atoms with Gasteiger partial charge < -0.3 is 5.11 Å². The molecule has 0 spiro atoms. The maximum Gasteiger partial charge on any atom is 0.308 e. The van der Waals surface area contributed by atoms with Gasteiger partial charge in [-0.05, 0) is 31.4 Å². The summed E-state index contributed by atoms with van der Waals surface area (Å²) in [5.74, 6) is -0.942. The fourth-order valence-electron chi connectivity index (χ4n) is 2.77. The van der Waals surface area contributed by atoms with Gasteiger partial charge in [0.1, 0.15) is 4.21 Å². The molecule has 0 radical (unpaired) electrons. The summed E-state index contributed by atoms with van der Waals surface area (Å²) >= 11 is 1.07. The minimum atomic E-state index is -3.49. The normalized spacial score (nSPS) is 20.5. The summed E-state index contributed by atoms with van der Waals surface area (Å²) in [6.07, 6.45) is 4.61. The average Bonchev–Trinajstić information content (AvgIpc) is 2.88. The Kier molecular flexibility index (Phi) is 5.40. The van der Waals surface area contributed by atoms with Gasteiger partial charge in [-0.1, -0.05) is 19.8 Å². The van der Waals surface area contributed by atoms with Gasteiger partial charge in [-0.2, -0.15) is 4.31 Å². The molecule has 1 aliphatic rings. The molecule has 1 aliphatic heterocycles. The van der Waals surface area contributed by atoms with Crippen LogP contribution < -0.4 is 0 Å². The zero-order chi connectivity index (χ0) is 15.5. The topological polar surface area (TPSA) is 74.7 Å². The van der Waals surface area contributed by atoms with Gasteiger partial charge in [-0.15, -0.1) is 11.3 Å². The van der Waals surface area contributed by atoms with Gasteiger partial charge in [0.2, 0.25) is 0 Å². The number of sulfonamides is 1. The number of piperidine rings is 1. The van der Waals surface area contributed by atoms with Crippen molar-refractivity contribution in [1.29, 1.82) is 0 Å². The Hall–Kier alpha value is -0.920. The first-order valence-corrected chi connectivity index (χ1v) is 9.53. The third-order valence-corrected chi connectivity index (χ3v) is 7.22. The minimum absolute atomic E-state index is 0.0822. The second kappa shape index (κ2) is 6.89. The van der Waals surface area contributed by atoms with E-state index in [0.29, 0.717) is 11.4 Å². The largest absolute Gasteiger partial charge is 0.481 e. The first-order chi connectivity index (χ1) is 9.95. The number of hydrogen-bond donors (Lipinski definition) is 1. The molecule has 1 aromatic heterocycles. The van der Waals surface area contributed by atoms with Gasteiger partial charge >= 0.3 is 5.97 Å². The number of nitrogens with zero attached hydrogens (tertiary/aromatic N) is 1. The van der Waals surface area contributed by atoms with Gasteiger partial charge in [0.05, 0.1) is 6.42 Å². The molecule has 0 bridgehead atoms. The summed E-state index contributed by atoms with van der Waals surface area (Å²) in [5.41, 5.74) is 0. The second-order valence-corrected chi connectivity index (χ2v) is 8.63. The van der Waals surface area contributed by atoms with Gasteiger partial charge in [0.15, 0.2) is 0 Å². The lowest BCUT2D eigenvalue weighted by Gasteiger charge is -2.34. The highest BCUT2D eigenvalue weighted by Gasteiger charge is 2.33. The van der Waals surface area contributed by atoms with Crippen LogP contribution in [0.2, 0.25) is 0 Å². The van der Waals surface area contributed by atoms with Crippen LogP contribution in [0.15, 0.2) is 16.3 Å².